The van der Waals surface area contributed by atoms with Gasteiger partial charge < -0.3 is 14.8 Å². The summed E-state index contributed by atoms with van der Waals surface area (Å²) in [6, 6.07) is 12.7. The predicted octanol–water partition coefficient (Wildman–Crippen LogP) is 3.79. The lowest BCUT2D eigenvalue weighted by Gasteiger charge is -2.31. The fourth-order valence-electron chi connectivity index (χ4n) is 3.71. The Morgan fingerprint density at radius 1 is 1.19 bits per heavy atom. The van der Waals surface area contributed by atoms with E-state index in [0.29, 0.717) is 30.3 Å². The molecule has 3 aromatic rings. The average Bonchev–Trinajstić information content (AvgIpc) is 3.11. The molecule has 1 N–H and O–H groups in total. The van der Waals surface area contributed by atoms with Crippen LogP contribution < -0.4 is 4.90 Å². The highest BCUT2D eigenvalue weighted by molar-refractivity contribution is 5.94. The number of para-hydroxylation sites is 2. The molecule has 0 aliphatic carbocycles. The smallest absolute Gasteiger partial charge is 0.253 e. The van der Waals surface area contributed by atoms with Crippen LogP contribution in [-0.2, 0) is 0 Å². The van der Waals surface area contributed by atoms with E-state index in [1.54, 1.807) is 31.1 Å². The SMILES string of the molecule is CN(C)c1ccc(C(=O)N2CCC(c3nc4ccccc4[nH]3)CC2)cc1F. The lowest BCUT2D eigenvalue weighted by atomic mass is 9.95. The molecule has 1 saturated heterocycles. The van der Waals surface area contributed by atoms with Gasteiger partial charge in [0, 0.05) is 38.7 Å². The van der Waals surface area contributed by atoms with Crippen molar-refractivity contribution in [3.63, 3.8) is 0 Å². The third-order valence-corrected chi connectivity index (χ3v) is 5.25. The molecule has 0 atom stereocenters. The molecule has 0 radical (unpaired) electrons. The monoisotopic (exact) mass is 366 g/mol. The molecule has 2 aromatic carbocycles. The number of aromatic amines is 1. The van der Waals surface area contributed by atoms with Crippen molar-refractivity contribution in [3.8, 4) is 0 Å². The van der Waals surface area contributed by atoms with E-state index >= 15 is 0 Å². The first-order valence-corrected chi connectivity index (χ1v) is 9.23. The third kappa shape index (κ3) is 3.39. The van der Waals surface area contributed by atoms with Crippen LogP contribution in [-0.4, -0.2) is 48.0 Å². The first-order valence-electron chi connectivity index (χ1n) is 9.23. The van der Waals surface area contributed by atoms with Gasteiger partial charge in [0.2, 0.25) is 0 Å². The Hall–Kier alpha value is -2.89. The zero-order valence-corrected chi connectivity index (χ0v) is 15.6. The summed E-state index contributed by atoms with van der Waals surface area (Å²) in [6.07, 6.45) is 1.70. The second-order valence-electron chi connectivity index (χ2n) is 7.27. The van der Waals surface area contributed by atoms with Crippen molar-refractivity contribution >= 4 is 22.6 Å². The maximum Gasteiger partial charge on any atom is 0.253 e. The van der Waals surface area contributed by atoms with Crippen LogP contribution in [0.2, 0.25) is 0 Å². The number of fused-ring (bicyclic) bond motifs is 1. The number of nitrogens with zero attached hydrogens (tertiary/aromatic N) is 3. The summed E-state index contributed by atoms with van der Waals surface area (Å²) in [5.41, 5.74) is 2.90. The number of anilines is 1. The molecule has 1 aliphatic rings. The van der Waals surface area contributed by atoms with E-state index < -0.39 is 0 Å². The quantitative estimate of drug-likeness (QED) is 0.767. The lowest BCUT2D eigenvalue weighted by Crippen LogP contribution is -2.38. The molecule has 6 heteroatoms. The van der Waals surface area contributed by atoms with Crippen LogP contribution in [0.3, 0.4) is 0 Å². The zero-order chi connectivity index (χ0) is 19.0. The molecule has 1 aliphatic heterocycles. The lowest BCUT2D eigenvalue weighted by molar-refractivity contribution is 0.0711. The number of halogens is 1. The Bertz CT molecular complexity index is 940. The molecule has 140 valence electrons. The van der Waals surface area contributed by atoms with Gasteiger partial charge in [-0.3, -0.25) is 4.79 Å². The highest BCUT2D eigenvalue weighted by atomic mass is 19.1. The fraction of sp³-hybridized carbons (Fsp3) is 0.333. The van der Waals surface area contributed by atoms with Crippen LogP contribution in [0.25, 0.3) is 11.0 Å². The number of likely N-dealkylation sites (tertiary alicyclic amines) is 1. The minimum atomic E-state index is -0.372. The van der Waals surface area contributed by atoms with Crippen LogP contribution >= 0.6 is 0 Å². The van der Waals surface area contributed by atoms with Gasteiger partial charge in [0.15, 0.2) is 0 Å². The van der Waals surface area contributed by atoms with E-state index in [1.807, 2.05) is 29.2 Å². The Morgan fingerprint density at radius 3 is 2.59 bits per heavy atom. The van der Waals surface area contributed by atoms with Gasteiger partial charge >= 0.3 is 0 Å². The number of piperidine rings is 1. The molecule has 4 rings (SSSR count). The van der Waals surface area contributed by atoms with E-state index in [-0.39, 0.29) is 11.7 Å². The summed E-state index contributed by atoms with van der Waals surface area (Å²) in [5.74, 6) is 0.823. The number of carbonyl (C=O) groups excluding carboxylic acids is 1. The topological polar surface area (TPSA) is 52.2 Å². The number of aromatic nitrogens is 2. The minimum Gasteiger partial charge on any atom is -0.375 e. The number of rotatable bonds is 3. The van der Waals surface area contributed by atoms with Crippen LogP contribution in [0.5, 0.6) is 0 Å². The van der Waals surface area contributed by atoms with Gasteiger partial charge in [-0.2, -0.15) is 0 Å². The summed E-state index contributed by atoms with van der Waals surface area (Å²) in [4.78, 5) is 24.3. The van der Waals surface area contributed by atoms with Crippen molar-refractivity contribution in [1.82, 2.24) is 14.9 Å². The van der Waals surface area contributed by atoms with Crippen LogP contribution in [0.15, 0.2) is 42.5 Å². The Kier molecular flexibility index (Phi) is 4.56. The first-order chi connectivity index (χ1) is 13.0. The molecular formula is C21H23FN4O. The predicted molar refractivity (Wildman–Crippen MR) is 105 cm³/mol. The first kappa shape index (κ1) is 17.5. The summed E-state index contributed by atoms with van der Waals surface area (Å²) >= 11 is 0. The van der Waals surface area contributed by atoms with E-state index in [1.165, 1.54) is 6.07 Å². The minimum absolute atomic E-state index is 0.109. The number of benzene rings is 2. The molecule has 5 nitrogen and oxygen atoms in total. The van der Waals surface area contributed by atoms with E-state index in [4.69, 9.17) is 0 Å². The third-order valence-electron chi connectivity index (χ3n) is 5.25. The molecule has 2 heterocycles. The van der Waals surface area contributed by atoms with Crippen LogP contribution in [0.1, 0.15) is 34.9 Å². The second-order valence-corrected chi connectivity index (χ2v) is 7.27. The van der Waals surface area contributed by atoms with E-state index in [0.717, 1.165) is 29.7 Å². The molecular weight excluding hydrogens is 343 g/mol. The summed E-state index contributed by atoms with van der Waals surface area (Å²) < 4.78 is 14.2. The molecule has 0 saturated carbocycles. The second kappa shape index (κ2) is 7.02. The highest BCUT2D eigenvalue weighted by Gasteiger charge is 2.26. The highest BCUT2D eigenvalue weighted by Crippen LogP contribution is 2.29. The van der Waals surface area contributed by atoms with Gasteiger partial charge in [-0.15, -0.1) is 0 Å². The van der Waals surface area contributed by atoms with Crippen molar-refractivity contribution < 1.29 is 9.18 Å². The molecule has 0 bridgehead atoms. The van der Waals surface area contributed by atoms with Crippen LogP contribution in [0.4, 0.5) is 10.1 Å². The van der Waals surface area contributed by atoms with Gasteiger partial charge in [0.1, 0.15) is 11.6 Å². The number of H-pyrrole nitrogens is 1. The van der Waals surface area contributed by atoms with Crippen molar-refractivity contribution in [2.75, 3.05) is 32.1 Å². The van der Waals surface area contributed by atoms with E-state index in [9.17, 15) is 9.18 Å². The number of imidazole rings is 1. The Balaban J connectivity index is 1.44. The largest absolute Gasteiger partial charge is 0.375 e. The normalized spacial score (nSPS) is 15.3. The maximum absolute atomic E-state index is 14.2. The van der Waals surface area contributed by atoms with Gasteiger partial charge in [0.25, 0.3) is 5.91 Å². The summed E-state index contributed by atoms with van der Waals surface area (Å²) in [6.45, 7) is 1.30. The number of hydrogen-bond donors (Lipinski definition) is 1. The number of hydrogen-bond acceptors (Lipinski definition) is 3. The van der Waals surface area contributed by atoms with Crippen molar-refractivity contribution in [3.05, 3.63) is 59.7 Å². The average molecular weight is 366 g/mol. The van der Waals surface area contributed by atoms with Crippen molar-refractivity contribution in [2.24, 2.45) is 0 Å². The number of nitrogens with one attached hydrogen (secondary N) is 1. The number of amides is 1. The van der Waals surface area contributed by atoms with E-state index in [2.05, 4.69) is 9.97 Å². The van der Waals surface area contributed by atoms with Crippen molar-refractivity contribution in [1.29, 1.82) is 0 Å². The van der Waals surface area contributed by atoms with Crippen LogP contribution in [0, 0.1) is 5.82 Å². The summed E-state index contributed by atoms with van der Waals surface area (Å²) in [7, 11) is 3.56. The maximum atomic E-state index is 14.2. The van der Waals surface area contributed by atoms with Gasteiger partial charge in [0.05, 0.1) is 16.7 Å². The fourth-order valence-corrected chi connectivity index (χ4v) is 3.71. The Labute approximate surface area is 157 Å². The molecule has 1 fully saturated rings. The molecule has 0 unspecified atom stereocenters. The molecule has 1 amide bonds. The van der Waals surface area contributed by atoms with Crippen molar-refractivity contribution in [2.45, 2.75) is 18.8 Å². The molecule has 0 spiro atoms. The standard InChI is InChI=1S/C21H23FN4O/c1-25(2)19-8-7-15(13-16(19)22)21(27)26-11-9-14(10-12-26)20-23-17-5-3-4-6-18(17)24-20/h3-8,13-14H,9-12H2,1-2H3,(H,23,24). The number of carbonyl (C=O) groups is 1. The molecule has 1 aromatic heterocycles. The zero-order valence-electron chi connectivity index (χ0n) is 15.6. The Morgan fingerprint density at radius 2 is 1.93 bits per heavy atom. The van der Waals surface area contributed by atoms with Gasteiger partial charge in [-0.25, -0.2) is 9.37 Å². The summed E-state index contributed by atoms with van der Waals surface area (Å²) in [5, 5.41) is 0. The van der Waals surface area contributed by atoms with Gasteiger partial charge in [-0.1, -0.05) is 12.1 Å². The van der Waals surface area contributed by atoms with Gasteiger partial charge in [-0.05, 0) is 43.2 Å². The molecule has 27 heavy (non-hydrogen) atoms.